The number of ether oxygens (including phenoxy) is 1. The molecule has 2 atom stereocenters. The number of nitrogens with one attached hydrogen (secondary N) is 3. The molecule has 0 aromatic rings. The summed E-state index contributed by atoms with van der Waals surface area (Å²) in [4.78, 5) is 49.5. The van der Waals surface area contributed by atoms with Crippen molar-refractivity contribution < 1.29 is 23.9 Å². The van der Waals surface area contributed by atoms with Gasteiger partial charge in [-0.3, -0.25) is 24.9 Å². The number of rotatable bonds is 19. The van der Waals surface area contributed by atoms with Crippen molar-refractivity contribution in [2.24, 2.45) is 11.1 Å². The zero-order chi connectivity index (χ0) is 32.7. The molecule has 0 saturated carbocycles. The fourth-order valence-corrected chi connectivity index (χ4v) is 5.97. The van der Waals surface area contributed by atoms with Gasteiger partial charge in [0.05, 0.1) is 0 Å². The van der Waals surface area contributed by atoms with Gasteiger partial charge < -0.3 is 20.7 Å². The van der Waals surface area contributed by atoms with Gasteiger partial charge in [0.15, 0.2) is 6.23 Å². The van der Waals surface area contributed by atoms with E-state index < -0.39 is 18.2 Å². The quantitative estimate of drug-likeness (QED) is 0.0873. The molecule has 0 aromatic carbocycles. The number of allylic oxidation sites excluding steroid dienone is 7. The smallest absolute Gasteiger partial charge is 0.304 e. The summed E-state index contributed by atoms with van der Waals surface area (Å²) in [5.74, 6) is -0.800. The molecule has 0 heterocycles. The minimum atomic E-state index is -0.746. The third-order valence-corrected chi connectivity index (χ3v) is 9.39. The van der Waals surface area contributed by atoms with Crippen molar-refractivity contribution in [2.45, 2.75) is 131 Å². The Balaban J connectivity index is 1.78. The molecule has 9 nitrogen and oxygen atoms in total. The maximum absolute atomic E-state index is 13.1. The molecule has 0 saturated heterocycles. The topological polar surface area (TPSA) is 140 Å². The summed E-state index contributed by atoms with van der Waals surface area (Å²) in [7, 11) is 0. The van der Waals surface area contributed by atoms with Crippen LogP contribution < -0.4 is 21.7 Å². The van der Waals surface area contributed by atoms with Crippen LogP contribution in [0.3, 0.4) is 0 Å². The van der Waals surface area contributed by atoms with Gasteiger partial charge in [-0.25, -0.2) is 0 Å². The van der Waals surface area contributed by atoms with E-state index in [2.05, 4.69) is 68.8 Å². The second-order valence-corrected chi connectivity index (χ2v) is 12.5. The average molecular weight is 613 g/mol. The van der Waals surface area contributed by atoms with Crippen molar-refractivity contribution in [2.75, 3.05) is 13.1 Å². The van der Waals surface area contributed by atoms with Crippen LogP contribution in [0.15, 0.2) is 46.1 Å². The number of esters is 1. The lowest BCUT2D eigenvalue weighted by Gasteiger charge is -2.29. The highest BCUT2D eigenvalue weighted by atomic mass is 16.5. The molecule has 0 aliphatic heterocycles. The van der Waals surface area contributed by atoms with Gasteiger partial charge >= 0.3 is 5.97 Å². The van der Waals surface area contributed by atoms with E-state index in [-0.39, 0.29) is 23.1 Å². The Morgan fingerprint density at radius 1 is 0.909 bits per heavy atom. The lowest BCUT2D eigenvalue weighted by Crippen LogP contribution is -2.47. The van der Waals surface area contributed by atoms with Gasteiger partial charge in [-0.05, 0) is 96.6 Å². The zero-order valence-electron chi connectivity index (χ0n) is 27.9. The number of hydrogen-bond acceptors (Lipinski definition) is 6. The van der Waals surface area contributed by atoms with Crippen LogP contribution in [-0.4, -0.2) is 49.1 Å². The minimum absolute atomic E-state index is 0.0591. The summed E-state index contributed by atoms with van der Waals surface area (Å²) < 4.78 is 5.00. The normalized spacial score (nSPS) is 17.2. The van der Waals surface area contributed by atoms with Gasteiger partial charge in [-0.1, -0.05) is 48.3 Å². The highest BCUT2D eigenvalue weighted by molar-refractivity contribution is 5.87. The Labute approximate surface area is 264 Å². The zero-order valence-corrected chi connectivity index (χ0v) is 27.9. The Hall–Kier alpha value is -3.20. The molecule has 0 aromatic heterocycles. The molecule has 3 amide bonds. The molecule has 246 valence electrons. The number of carbonyl (C=O) groups excluding carboxylic acids is 4. The van der Waals surface area contributed by atoms with Crippen LogP contribution >= 0.6 is 0 Å². The van der Waals surface area contributed by atoms with Crippen LogP contribution in [0.25, 0.3) is 0 Å². The first kappa shape index (κ1) is 37.0. The molecule has 1 unspecified atom stereocenters. The van der Waals surface area contributed by atoms with E-state index in [9.17, 15) is 19.2 Å². The number of carbonyl (C=O) groups is 4. The molecule has 0 spiro atoms. The van der Waals surface area contributed by atoms with Gasteiger partial charge in [0.1, 0.15) is 6.04 Å². The summed E-state index contributed by atoms with van der Waals surface area (Å²) in [6, 6.07) is -0.708. The van der Waals surface area contributed by atoms with Gasteiger partial charge in [0.2, 0.25) is 17.7 Å². The highest BCUT2D eigenvalue weighted by Gasteiger charge is 2.36. The number of hydrogen-bond donors (Lipinski definition) is 4. The number of unbranched alkanes of at least 4 members (excludes halogenated alkanes) is 2. The molecule has 2 aliphatic carbocycles. The molecular weight excluding hydrogens is 556 g/mol. The summed E-state index contributed by atoms with van der Waals surface area (Å²) >= 11 is 0. The lowest BCUT2D eigenvalue weighted by atomic mass is 9.75. The Morgan fingerprint density at radius 3 is 2.25 bits per heavy atom. The van der Waals surface area contributed by atoms with Crippen LogP contribution in [0, 0.1) is 5.41 Å². The summed E-state index contributed by atoms with van der Waals surface area (Å²) in [5, 5.41) is 8.89. The first-order chi connectivity index (χ1) is 20.8. The summed E-state index contributed by atoms with van der Waals surface area (Å²) in [6.45, 7) is 13.1. The predicted molar refractivity (Wildman–Crippen MR) is 175 cm³/mol. The monoisotopic (exact) mass is 612 g/mol. The fourth-order valence-electron chi connectivity index (χ4n) is 5.97. The van der Waals surface area contributed by atoms with Crippen LogP contribution in [0.2, 0.25) is 0 Å². The third-order valence-electron chi connectivity index (χ3n) is 9.39. The summed E-state index contributed by atoms with van der Waals surface area (Å²) in [6.07, 6.45) is 13.7. The first-order valence-electron chi connectivity index (χ1n) is 16.3. The maximum Gasteiger partial charge on any atom is 0.304 e. The van der Waals surface area contributed by atoms with Crippen LogP contribution in [-0.2, 0) is 23.9 Å². The molecule has 0 fully saturated rings. The van der Waals surface area contributed by atoms with Gasteiger partial charge in [0, 0.05) is 38.3 Å². The molecule has 44 heavy (non-hydrogen) atoms. The SMILES string of the molecule is CC(=O)OC(N)CCC[C@H](NC(=O)CCC1(C)C(C)=C(C)C(C)=C1C)C(=O)NCCCCCC(=O)NCCC1=CC=CCC1. The van der Waals surface area contributed by atoms with Crippen molar-refractivity contribution in [1.82, 2.24) is 16.0 Å². The first-order valence-corrected chi connectivity index (χ1v) is 16.3. The fraction of sp³-hybridized carbons (Fsp3) is 0.657. The second kappa shape index (κ2) is 18.6. The van der Waals surface area contributed by atoms with Gasteiger partial charge in [0.25, 0.3) is 0 Å². The average Bonchev–Trinajstić information content (AvgIpc) is 3.12. The summed E-state index contributed by atoms with van der Waals surface area (Å²) in [5.41, 5.74) is 12.2. The number of nitrogens with two attached hydrogens (primary N) is 1. The maximum atomic E-state index is 13.1. The lowest BCUT2D eigenvalue weighted by molar-refractivity contribution is -0.146. The molecule has 2 aliphatic rings. The predicted octanol–water partition coefficient (Wildman–Crippen LogP) is 5.42. The molecule has 2 rings (SSSR count). The standard InChI is InChI=1S/C35H56N4O5/c1-24-25(2)27(4)35(6,26(24)3)21-19-33(42)39-30(16-13-17-31(36)44-28(5)40)34(43)38-22-12-8-11-18-32(41)37-23-20-29-14-9-7-10-15-29/h7,9,14,30-31H,8,10-13,15-23,36H2,1-6H3,(H,37,41)(H,38,43)(H,39,42)/t30-,31?/m0/s1. The van der Waals surface area contributed by atoms with Gasteiger partial charge in [-0.15, -0.1) is 0 Å². The highest BCUT2D eigenvalue weighted by Crippen LogP contribution is 2.49. The minimum Gasteiger partial charge on any atom is -0.447 e. The van der Waals surface area contributed by atoms with E-state index in [1.54, 1.807) is 0 Å². The van der Waals surface area contributed by atoms with E-state index in [1.807, 2.05) is 0 Å². The van der Waals surface area contributed by atoms with Crippen molar-refractivity contribution in [3.05, 3.63) is 46.1 Å². The molecule has 0 radical (unpaired) electrons. The molecule has 5 N–H and O–H groups in total. The van der Waals surface area contributed by atoms with E-state index in [0.29, 0.717) is 51.6 Å². The molecule has 9 heteroatoms. The van der Waals surface area contributed by atoms with Crippen LogP contribution in [0.4, 0.5) is 0 Å². The Morgan fingerprint density at radius 2 is 1.61 bits per heavy atom. The van der Waals surface area contributed by atoms with E-state index in [1.165, 1.54) is 34.8 Å². The third kappa shape index (κ3) is 12.1. The van der Waals surface area contributed by atoms with E-state index in [4.69, 9.17) is 10.5 Å². The van der Waals surface area contributed by atoms with E-state index in [0.717, 1.165) is 38.5 Å². The van der Waals surface area contributed by atoms with Crippen molar-refractivity contribution in [3.8, 4) is 0 Å². The van der Waals surface area contributed by atoms with Gasteiger partial charge in [-0.2, -0.15) is 0 Å². The van der Waals surface area contributed by atoms with Crippen molar-refractivity contribution in [3.63, 3.8) is 0 Å². The Kier molecular flexibility index (Phi) is 15.6. The largest absolute Gasteiger partial charge is 0.447 e. The number of amides is 3. The van der Waals surface area contributed by atoms with E-state index >= 15 is 0 Å². The second-order valence-electron chi connectivity index (χ2n) is 12.5. The van der Waals surface area contributed by atoms with Crippen LogP contribution in [0.5, 0.6) is 0 Å². The van der Waals surface area contributed by atoms with Crippen molar-refractivity contribution in [1.29, 1.82) is 0 Å². The van der Waals surface area contributed by atoms with Crippen LogP contribution in [0.1, 0.15) is 119 Å². The Bertz CT molecular complexity index is 1130. The molecular formula is C35H56N4O5. The molecule has 0 bridgehead atoms. The van der Waals surface area contributed by atoms with Crippen molar-refractivity contribution >= 4 is 23.7 Å².